The standard InChI is InChI=1S/C22H20Cl2N4O2/c1-12-7-20(26-17-10-15(23)9-16(24)11-17)28-22(25-12)21(13(2)27-28)14-5-6-18(29-3)19(8-14)30-4/h5-11,26H,1-4H3. The number of rotatable bonds is 5. The lowest BCUT2D eigenvalue weighted by Gasteiger charge is -2.11. The van der Waals surface area contributed by atoms with E-state index < -0.39 is 0 Å². The van der Waals surface area contributed by atoms with Crippen LogP contribution in [-0.2, 0) is 0 Å². The Balaban J connectivity index is 1.87. The first-order valence-electron chi connectivity index (χ1n) is 9.22. The number of methoxy groups -OCH3 is 2. The summed E-state index contributed by atoms with van der Waals surface area (Å²) in [6.07, 6.45) is 0. The number of halogens is 2. The van der Waals surface area contributed by atoms with Gasteiger partial charge in [-0.2, -0.15) is 9.61 Å². The van der Waals surface area contributed by atoms with Crippen LogP contribution in [0.1, 0.15) is 11.4 Å². The number of ether oxygens (including phenoxy) is 2. The molecule has 4 aromatic rings. The van der Waals surface area contributed by atoms with Gasteiger partial charge in [0.2, 0.25) is 0 Å². The predicted molar refractivity (Wildman–Crippen MR) is 121 cm³/mol. The van der Waals surface area contributed by atoms with E-state index >= 15 is 0 Å². The van der Waals surface area contributed by atoms with Crippen LogP contribution >= 0.6 is 23.2 Å². The second-order valence-corrected chi connectivity index (χ2v) is 7.70. The summed E-state index contributed by atoms with van der Waals surface area (Å²) in [6.45, 7) is 3.90. The summed E-state index contributed by atoms with van der Waals surface area (Å²) in [5.74, 6) is 2.07. The molecule has 0 unspecified atom stereocenters. The van der Waals surface area contributed by atoms with Crippen LogP contribution in [0.3, 0.4) is 0 Å². The first kappa shape index (κ1) is 20.3. The molecule has 0 atom stereocenters. The summed E-state index contributed by atoms with van der Waals surface area (Å²) in [7, 11) is 3.23. The van der Waals surface area contributed by atoms with Crippen LogP contribution in [0, 0.1) is 13.8 Å². The molecule has 6 nitrogen and oxygen atoms in total. The predicted octanol–water partition coefficient (Wildman–Crippen LogP) is 6.08. The minimum atomic E-state index is 0.551. The largest absolute Gasteiger partial charge is 0.493 e. The third-order valence-electron chi connectivity index (χ3n) is 4.70. The maximum absolute atomic E-state index is 6.15. The molecule has 0 amide bonds. The van der Waals surface area contributed by atoms with Gasteiger partial charge in [-0.05, 0) is 49.7 Å². The number of fused-ring (bicyclic) bond motifs is 1. The number of aryl methyl sites for hydroxylation is 2. The molecular weight excluding hydrogens is 423 g/mol. The van der Waals surface area contributed by atoms with Crippen LogP contribution in [0.4, 0.5) is 11.5 Å². The van der Waals surface area contributed by atoms with Gasteiger partial charge in [-0.25, -0.2) is 4.98 Å². The molecule has 0 aliphatic heterocycles. The fraction of sp³-hybridized carbons (Fsp3) is 0.182. The second-order valence-electron chi connectivity index (χ2n) is 6.83. The van der Waals surface area contributed by atoms with Crippen molar-refractivity contribution in [2.24, 2.45) is 0 Å². The smallest absolute Gasteiger partial charge is 0.165 e. The van der Waals surface area contributed by atoms with E-state index in [0.29, 0.717) is 21.5 Å². The van der Waals surface area contributed by atoms with E-state index in [4.69, 9.17) is 42.8 Å². The van der Waals surface area contributed by atoms with Crippen LogP contribution in [0.2, 0.25) is 10.0 Å². The van der Waals surface area contributed by atoms with Gasteiger partial charge >= 0.3 is 0 Å². The molecular formula is C22H20Cl2N4O2. The highest BCUT2D eigenvalue weighted by Crippen LogP contribution is 2.36. The fourth-order valence-corrected chi connectivity index (χ4v) is 3.96. The minimum Gasteiger partial charge on any atom is -0.493 e. The molecule has 0 saturated carbocycles. The van der Waals surface area contributed by atoms with Gasteiger partial charge < -0.3 is 14.8 Å². The molecule has 2 heterocycles. The zero-order chi connectivity index (χ0) is 21.4. The number of anilines is 2. The highest BCUT2D eigenvalue weighted by Gasteiger charge is 2.18. The summed E-state index contributed by atoms with van der Waals surface area (Å²) in [5.41, 5.74) is 5.05. The molecule has 154 valence electrons. The number of benzene rings is 2. The molecule has 0 spiro atoms. The Bertz CT molecular complexity index is 1230. The van der Waals surface area contributed by atoms with Gasteiger partial charge in [0.05, 0.1) is 19.9 Å². The molecule has 2 aromatic carbocycles. The van der Waals surface area contributed by atoms with Gasteiger partial charge in [0.1, 0.15) is 5.82 Å². The minimum absolute atomic E-state index is 0.551. The van der Waals surface area contributed by atoms with Crippen molar-refractivity contribution in [1.82, 2.24) is 14.6 Å². The maximum atomic E-state index is 6.15. The third-order valence-corrected chi connectivity index (χ3v) is 5.14. The number of nitrogens with one attached hydrogen (secondary N) is 1. The molecule has 0 aliphatic carbocycles. The molecule has 2 aromatic heterocycles. The zero-order valence-corrected chi connectivity index (χ0v) is 18.5. The Hall–Kier alpha value is -2.96. The lowest BCUT2D eigenvalue weighted by atomic mass is 10.1. The van der Waals surface area contributed by atoms with Crippen molar-refractivity contribution in [3.63, 3.8) is 0 Å². The summed E-state index contributed by atoms with van der Waals surface area (Å²) < 4.78 is 12.6. The van der Waals surface area contributed by atoms with E-state index in [-0.39, 0.29) is 0 Å². The van der Waals surface area contributed by atoms with Crippen LogP contribution < -0.4 is 14.8 Å². The first-order valence-corrected chi connectivity index (χ1v) is 9.97. The Morgan fingerprint density at radius 3 is 2.27 bits per heavy atom. The third kappa shape index (κ3) is 3.76. The Morgan fingerprint density at radius 2 is 1.60 bits per heavy atom. The molecule has 1 N–H and O–H groups in total. The molecule has 0 fully saturated rings. The van der Waals surface area contributed by atoms with Gasteiger partial charge in [0, 0.05) is 33.1 Å². The summed E-state index contributed by atoms with van der Waals surface area (Å²) in [4.78, 5) is 4.74. The lowest BCUT2D eigenvalue weighted by molar-refractivity contribution is 0.355. The normalized spacial score (nSPS) is 11.0. The van der Waals surface area contributed by atoms with Gasteiger partial charge in [-0.3, -0.25) is 0 Å². The molecule has 0 saturated heterocycles. The Labute approximate surface area is 184 Å². The molecule has 8 heteroatoms. The lowest BCUT2D eigenvalue weighted by Crippen LogP contribution is -2.02. The van der Waals surface area contributed by atoms with E-state index in [1.165, 1.54) is 0 Å². The van der Waals surface area contributed by atoms with E-state index in [1.807, 2.05) is 38.1 Å². The second kappa shape index (κ2) is 8.05. The summed E-state index contributed by atoms with van der Waals surface area (Å²) in [6, 6.07) is 13.0. The fourth-order valence-electron chi connectivity index (χ4n) is 3.44. The van der Waals surface area contributed by atoms with Crippen LogP contribution in [-0.4, -0.2) is 28.8 Å². The summed E-state index contributed by atoms with van der Waals surface area (Å²) in [5, 5.41) is 9.17. The monoisotopic (exact) mass is 442 g/mol. The molecule has 4 rings (SSSR count). The number of hydrogen-bond donors (Lipinski definition) is 1. The average Bonchev–Trinajstić information content (AvgIpc) is 3.02. The number of nitrogens with zero attached hydrogens (tertiary/aromatic N) is 3. The number of aromatic nitrogens is 3. The quantitative estimate of drug-likeness (QED) is 0.405. The zero-order valence-electron chi connectivity index (χ0n) is 17.0. The summed E-state index contributed by atoms with van der Waals surface area (Å²) >= 11 is 12.3. The van der Waals surface area contributed by atoms with Crippen LogP contribution in [0.15, 0.2) is 42.5 Å². The van der Waals surface area contributed by atoms with Crippen molar-refractivity contribution in [3.8, 4) is 22.6 Å². The van der Waals surface area contributed by atoms with E-state index in [0.717, 1.165) is 39.7 Å². The van der Waals surface area contributed by atoms with Crippen molar-refractivity contribution >= 4 is 40.4 Å². The van der Waals surface area contributed by atoms with E-state index in [2.05, 4.69) is 5.32 Å². The van der Waals surface area contributed by atoms with Crippen LogP contribution in [0.5, 0.6) is 11.5 Å². The van der Waals surface area contributed by atoms with Crippen molar-refractivity contribution in [3.05, 3.63) is 63.9 Å². The topological polar surface area (TPSA) is 60.7 Å². The Morgan fingerprint density at radius 1 is 0.900 bits per heavy atom. The Kier molecular flexibility index (Phi) is 5.45. The van der Waals surface area contributed by atoms with Crippen molar-refractivity contribution < 1.29 is 9.47 Å². The molecule has 0 aliphatic rings. The highest BCUT2D eigenvalue weighted by molar-refractivity contribution is 6.35. The number of hydrogen-bond acceptors (Lipinski definition) is 5. The SMILES string of the molecule is COc1ccc(-c2c(C)nn3c(Nc4cc(Cl)cc(Cl)c4)cc(C)nc23)cc1OC. The van der Waals surface area contributed by atoms with Gasteiger partial charge in [-0.1, -0.05) is 29.3 Å². The average molecular weight is 443 g/mol. The molecule has 0 radical (unpaired) electrons. The first-order chi connectivity index (χ1) is 14.4. The molecule has 0 bridgehead atoms. The van der Waals surface area contributed by atoms with Gasteiger partial charge in [0.25, 0.3) is 0 Å². The van der Waals surface area contributed by atoms with Gasteiger partial charge in [-0.15, -0.1) is 0 Å². The molecule has 30 heavy (non-hydrogen) atoms. The maximum Gasteiger partial charge on any atom is 0.165 e. The van der Waals surface area contributed by atoms with E-state index in [1.54, 1.807) is 36.9 Å². The van der Waals surface area contributed by atoms with Gasteiger partial charge in [0.15, 0.2) is 17.1 Å². The van der Waals surface area contributed by atoms with E-state index in [9.17, 15) is 0 Å². The van der Waals surface area contributed by atoms with Crippen molar-refractivity contribution in [1.29, 1.82) is 0 Å². The van der Waals surface area contributed by atoms with Crippen molar-refractivity contribution in [2.45, 2.75) is 13.8 Å². The van der Waals surface area contributed by atoms with Crippen molar-refractivity contribution in [2.75, 3.05) is 19.5 Å². The van der Waals surface area contributed by atoms with Crippen LogP contribution in [0.25, 0.3) is 16.8 Å². The highest BCUT2D eigenvalue weighted by atomic mass is 35.5.